The molecule has 2 unspecified atom stereocenters. The Labute approximate surface area is 111 Å². The lowest BCUT2D eigenvalue weighted by molar-refractivity contribution is 0.129. The molecule has 4 heteroatoms. The van der Waals surface area contributed by atoms with Gasteiger partial charge in [-0.1, -0.05) is 0 Å². The molecule has 2 rings (SSSR count). The Morgan fingerprint density at radius 3 is 2.61 bits per heavy atom. The normalized spacial score (nSPS) is 29.8. The molecule has 2 aliphatic heterocycles. The SMILES string of the molecule is COCCC(C)N1CCC(N2CCC(N)CC2)C1. The van der Waals surface area contributed by atoms with Crippen LogP contribution in [0.3, 0.4) is 0 Å². The summed E-state index contributed by atoms with van der Waals surface area (Å²) in [6.07, 6.45) is 4.83. The van der Waals surface area contributed by atoms with Crippen LogP contribution in [0, 0.1) is 0 Å². The summed E-state index contributed by atoms with van der Waals surface area (Å²) in [5.74, 6) is 0. The van der Waals surface area contributed by atoms with Crippen molar-refractivity contribution in [2.75, 3.05) is 39.9 Å². The summed E-state index contributed by atoms with van der Waals surface area (Å²) in [6.45, 7) is 8.09. The Morgan fingerprint density at radius 1 is 1.22 bits per heavy atom. The molecule has 2 fully saturated rings. The van der Waals surface area contributed by atoms with Crippen molar-refractivity contribution < 1.29 is 4.74 Å². The second-order valence-corrected chi connectivity index (χ2v) is 5.94. The molecule has 2 atom stereocenters. The number of hydrogen-bond acceptors (Lipinski definition) is 4. The molecule has 2 aliphatic rings. The summed E-state index contributed by atoms with van der Waals surface area (Å²) < 4.78 is 5.18. The van der Waals surface area contributed by atoms with Gasteiger partial charge in [-0.25, -0.2) is 0 Å². The van der Waals surface area contributed by atoms with E-state index in [1.165, 1.54) is 45.4 Å². The minimum absolute atomic E-state index is 0.444. The van der Waals surface area contributed by atoms with Gasteiger partial charge in [0.15, 0.2) is 0 Å². The summed E-state index contributed by atoms with van der Waals surface area (Å²) in [5.41, 5.74) is 5.98. The first-order valence-electron chi connectivity index (χ1n) is 7.43. The van der Waals surface area contributed by atoms with Crippen LogP contribution in [0.5, 0.6) is 0 Å². The van der Waals surface area contributed by atoms with Gasteiger partial charge in [0, 0.05) is 44.9 Å². The number of ether oxygens (including phenoxy) is 1. The van der Waals surface area contributed by atoms with Crippen LogP contribution in [0.4, 0.5) is 0 Å². The fourth-order valence-electron chi connectivity index (χ4n) is 3.22. The van der Waals surface area contributed by atoms with Gasteiger partial charge >= 0.3 is 0 Å². The van der Waals surface area contributed by atoms with E-state index in [4.69, 9.17) is 10.5 Å². The van der Waals surface area contributed by atoms with Gasteiger partial charge in [0.25, 0.3) is 0 Å². The zero-order valence-electron chi connectivity index (χ0n) is 12.0. The summed E-state index contributed by atoms with van der Waals surface area (Å²) in [4.78, 5) is 5.28. The summed E-state index contributed by atoms with van der Waals surface area (Å²) in [5, 5.41) is 0. The maximum atomic E-state index is 5.98. The lowest BCUT2D eigenvalue weighted by Gasteiger charge is -2.35. The van der Waals surface area contributed by atoms with Crippen LogP contribution in [-0.2, 0) is 4.74 Å². The molecule has 2 saturated heterocycles. The minimum atomic E-state index is 0.444. The second-order valence-electron chi connectivity index (χ2n) is 5.94. The fraction of sp³-hybridized carbons (Fsp3) is 1.00. The number of hydrogen-bond donors (Lipinski definition) is 1. The topological polar surface area (TPSA) is 41.7 Å². The van der Waals surface area contributed by atoms with E-state index < -0.39 is 0 Å². The Balaban J connectivity index is 1.74. The van der Waals surface area contributed by atoms with Crippen molar-refractivity contribution in [2.24, 2.45) is 5.73 Å². The average Bonchev–Trinajstić information content (AvgIpc) is 2.86. The van der Waals surface area contributed by atoms with Crippen molar-refractivity contribution in [1.82, 2.24) is 9.80 Å². The predicted molar refractivity (Wildman–Crippen MR) is 74.7 cm³/mol. The first kappa shape index (κ1) is 14.3. The number of rotatable bonds is 5. The zero-order chi connectivity index (χ0) is 13.0. The largest absolute Gasteiger partial charge is 0.385 e. The number of piperidine rings is 1. The van der Waals surface area contributed by atoms with Crippen molar-refractivity contribution >= 4 is 0 Å². The fourth-order valence-corrected chi connectivity index (χ4v) is 3.22. The van der Waals surface area contributed by atoms with E-state index in [2.05, 4.69) is 16.7 Å². The van der Waals surface area contributed by atoms with Gasteiger partial charge in [-0.2, -0.15) is 0 Å². The Kier molecular flexibility index (Phi) is 5.42. The quantitative estimate of drug-likeness (QED) is 0.793. The van der Waals surface area contributed by atoms with Gasteiger partial charge in [0.1, 0.15) is 0 Å². The van der Waals surface area contributed by atoms with Crippen LogP contribution in [0.2, 0.25) is 0 Å². The third-order valence-corrected chi connectivity index (χ3v) is 4.65. The lowest BCUT2D eigenvalue weighted by Crippen LogP contribution is -2.46. The Hall–Kier alpha value is -0.160. The highest BCUT2D eigenvalue weighted by atomic mass is 16.5. The second kappa shape index (κ2) is 6.85. The monoisotopic (exact) mass is 255 g/mol. The van der Waals surface area contributed by atoms with Gasteiger partial charge < -0.3 is 10.5 Å². The van der Waals surface area contributed by atoms with E-state index in [9.17, 15) is 0 Å². The number of nitrogens with two attached hydrogens (primary N) is 1. The van der Waals surface area contributed by atoms with Gasteiger partial charge in [-0.15, -0.1) is 0 Å². The molecule has 2 N–H and O–H groups in total. The van der Waals surface area contributed by atoms with Crippen molar-refractivity contribution in [3.63, 3.8) is 0 Å². The number of methoxy groups -OCH3 is 1. The van der Waals surface area contributed by atoms with Crippen LogP contribution >= 0.6 is 0 Å². The van der Waals surface area contributed by atoms with Gasteiger partial charge in [0.2, 0.25) is 0 Å². The molecule has 0 spiro atoms. The summed E-state index contributed by atoms with van der Waals surface area (Å²) in [6, 6.07) is 1.86. The smallest absolute Gasteiger partial charge is 0.0477 e. The van der Waals surface area contributed by atoms with E-state index in [0.29, 0.717) is 12.1 Å². The van der Waals surface area contributed by atoms with Crippen LogP contribution in [0.25, 0.3) is 0 Å². The van der Waals surface area contributed by atoms with E-state index in [1.807, 2.05) is 0 Å². The molecule has 2 heterocycles. The molecule has 4 nitrogen and oxygen atoms in total. The molecule has 0 saturated carbocycles. The summed E-state index contributed by atoms with van der Waals surface area (Å²) >= 11 is 0. The Morgan fingerprint density at radius 2 is 1.94 bits per heavy atom. The van der Waals surface area contributed by atoms with E-state index in [0.717, 1.165) is 19.1 Å². The number of nitrogens with zero attached hydrogens (tertiary/aromatic N) is 2. The van der Waals surface area contributed by atoms with Crippen molar-refractivity contribution in [3.05, 3.63) is 0 Å². The minimum Gasteiger partial charge on any atom is -0.385 e. The third kappa shape index (κ3) is 3.67. The predicted octanol–water partition coefficient (Wildman–Crippen LogP) is 0.909. The van der Waals surface area contributed by atoms with Gasteiger partial charge in [0.05, 0.1) is 0 Å². The average molecular weight is 255 g/mol. The molecule has 0 amide bonds. The molecular formula is C14H29N3O. The molecular weight excluding hydrogens is 226 g/mol. The van der Waals surface area contributed by atoms with Crippen LogP contribution in [0.1, 0.15) is 32.6 Å². The lowest BCUT2D eigenvalue weighted by atomic mass is 10.0. The van der Waals surface area contributed by atoms with E-state index >= 15 is 0 Å². The highest BCUT2D eigenvalue weighted by Gasteiger charge is 2.31. The molecule has 18 heavy (non-hydrogen) atoms. The molecule has 0 aromatic carbocycles. The molecule has 0 aromatic rings. The van der Waals surface area contributed by atoms with E-state index in [-0.39, 0.29) is 0 Å². The molecule has 0 bridgehead atoms. The maximum absolute atomic E-state index is 5.98. The molecule has 106 valence electrons. The van der Waals surface area contributed by atoms with Crippen molar-refractivity contribution in [1.29, 1.82) is 0 Å². The van der Waals surface area contributed by atoms with E-state index in [1.54, 1.807) is 7.11 Å². The van der Waals surface area contributed by atoms with Gasteiger partial charge in [-0.3, -0.25) is 9.80 Å². The molecule has 0 radical (unpaired) electrons. The maximum Gasteiger partial charge on any atom is 0.0477 e. The molecule has 0 aliphatic carbocycles. The number of likely N-dealkylation sites (tertiary alicyclic amines) is 2. The highest BCUT2D eigenvalue weighted by molar-refractivity contribution is 4.88. The highest BCUT2D eigenvalue weighted by Crippen LogP contribution is 2.22. The van der Waals surface area contributed by atoms with Crippen molar-refractivity contribution in [3.8, 4) is 0 Å². The third-order valence-electron chi connectivity index (χ3n) is 4.65. The molecule has 0 aromatic heterocycles. The van der Waals surface area contributed by atoms with Gasteiger partial charge in [-0.05, 0) is 45.7 Å². The van der Waals surface area contributed by atoms with Crippen LogP contribution in [-0.4, -0.2) is 67.8 Å². The first-order valence-corrected chi connectivity index (χ1v) is 7.43. The standard InChI is InChI=1S/C14H29N3O/c1-12(6-10-18-2)17-9-5-14(11-17)16-7-3-13(15)4-8-16/h12-14H,3-11,15H2,1-2H3. The van der Waals surface area contributed by atoms with Crippen molar-refractivity contribution in [2.45, 2.75) is 50.7 Å². The zero-order valence-corrected chi connectivity index (χ0v) is 12.0. The first-order chi connectivity index (χ1) is 8.70. The van der Waals surface area contributed by atoms with Crippen LogP contribution in [0.15, 0.2) is 0 Å². The summed E-state index contributed by atoms with van der Waals surface area (Å²) in [7, 11) is 1.79. The Bertz CT molecular complexity index is 241. The van der Waals surface area contributed by atoms with Crippen LogP contribution < -0.4 is 5.73 Å².